The molecule has 0 unspecified atom stereocenters. The van der Waals surface area contributed by atoms with Gasteiger partial charge in [0.25, 0.3) is 0 Å². The highest BCUT2D eigenvalue weighted by Gasteiger charge is 2.16. The summed E-state index contributed by atoms with van der Waals surface area (Å²) >= 11 is 0. The van der Waals surface area contributed by atoms with Crippen molar-refractivity contribution >= 4 is 15.7 Å². The van der Waals surface area contributed by atoms with Crippen LogP contribution in [-0.2, 0) is 14.8 Å². The van der Waals surface area contributed by atoms with Gasteiger partial charge >= 0.3 is 0 Å². The van der Waals surface area contributed by atoms with Gasteiger partial charge in [0.05, 0.1) is 17.2 Å². The molecule has 0 aliphatic carbocycles. The highest BCUT2D eigenvalue weighted by Crippen LogP contribution is 2.20. The minimum atomic E-state index is -3.67. The second-order valence-corrected chi connectivity index (χ2v) is 5.30. The number of ether oxygens (including phenoxy) is 1. The number of methoxy groups -OCH3 is 1. The maximum atomic E-state index is 13.2. The van der Waals surface area contributed by atoms with Gasteiger partial charge < -0.3 is 10.5 Å². The summed E-state index contributed by atoms with van der Waals surface area (Å²) in [6.45, 7) is 1.86. The van der Waals surface area contributed by atoms with Gasteiger partial charge in [0.1, 0.15) is 5.82 Å². The SMILES string of the molecule is COCCNS(=O)(=O)c1cc(C)c(F)c(N)c1. The van der Waals surface area contributed by atoms with E-state index in [2.05, 4.69) is 4.72 Å². The predicted molar refractivity (Wildman–Crippen MR) is 62.6 cm³/mol. The van der Waals surface area contributed by atoms with Crippen LogP contribution in [0.1, 0.15) is 5.56 Å². The zero-order valence-corrected chi connectivity index (χ0v) is 10.5. The summed E-state index contributed by atoms with van der Waals surface area (Å²) in [4.78, 5) is -0.0509. The van der Waals surface area contributed by atoms with E-state index in [1.165, 1.54) is 20.1 Å². The molecule has 0 fully saturated rings. The number of nitrogens with two attached hydrogens (primary N) is 1. The number of nitrogen functional groups attached to an aromatic ring is 1. The molecule has 0 saturated heterocycles. The number of rotatable bonds is 5. The molecule has 0 spiro atoms. The number of benzene rings is 1. The smallest absolute Gasteiger partial charge is 0.240 e. The van der Waals surface area contributed by atoms with Crippen LogP contribution in [0, 0.1) is 12.7 Å². The number of anilines is 1. The van der Waals surface area contributed by atoms with E-state index in [4.69, 9.17) is 10.5 Å². The number of sulfonamides is 1. The van der Waals surface area contributed by atoms with Crippen LogP contribution < -0.4 is 10.5 Å². The number of hydrogen-bond acceptors (Lipinski definition) is 4. The zero-order chi connectivity index (χ0) is 13.1. The van der Waals surface area contributed by atoms with Crippen molar-refractivity contribution in [3.63, 3.8) is 0 Å². The average molecular weight is 262 g/mol. The Morgan fingerprint density at radius 2 is 2.12 bits per heavy atom. The largest absolute Gasteiger partial charge is 0.396 e. The fraction of sp³-hybridized carbons (Fsp3) is 0.400. The first kappa shape index (κ1) is 13.9. The molecule has 1 aromatic rings. The highest BCUT2D eigenvalue weighted by atomic mass is 32.2. The van der Waals surface area contributed by atoms with E-state index in [9.17, 15) is 12.8 Å². The first-order valence-electron chi connectivity index (χ1n) is 4.92. The van der Waals surface area contributed by atoms with E-state index in [0.717, 1.165) is 6.07 Å². The predicted octanol–water partition coefficient (Wildman–Crippen LogP) is 0.641. The van der Waals surface area contributed by atoms with Crippen LogP contribution in [-0.4, -0.2) is 28.7 Å². The quantitative estimate of drug-likeness (QED) is 0.602. The summed E-state index contributed by atoms with van der Waals surface area (Å²) in [6.07, 6.45) is 0. The van der Waals surface area contributed by atoms with Crippen molar-refractivity contribution in [1.82, 2.24) is 4.72 Å². The minimum absolute atomic E-state index is 0.0509. The van der Waals surface area contributed by atoms with Crippen LogP contribution in [0.4, 0.5) is 10.1 Å². The molecule has 1 rings (SSSR count). The molecule has 96 valence electrons. The van der Waals surface area contributed by atoms with Gasteiger partial charge in [-0.15, -0.1) is 0 Å². The third-order valence-corrected chi connectivity index (χ3v) is 3.61. The zero-order valence-electron chi connectivity index (χ0n) is 9.66. The lowest BCUT2D eigenvalue weighted by Gasteiger charge is -2.09. The average Bonchev–Trinajstić information content (AvgIpc) is 2.25. The van der Waals surface area contributed by atoms with E-state index < -0.39 is 15.8 Å². The van der Waals surface area contributed by atoms with Gasteiger partial charge in [-0.05, 0) is 24.6 Å². The molecule has 7 heteroatoms. The first-order chi connectivity index (χ1) is 7.88. The summed E-state index contributed by atoms with van der Waals surface area (Å²) in [5, 5.41) is 0. The monoisotopic (exact) mass is 262 g/mol. The summed E-state index contributed by atoms with van der Waals surface area (Å²) in [7, 11) is -2.20. The molecule has 1 aromatic carbocycles. The van der Waals surface area contributed by atoms with Gasteiger partial charge in [-0.1, -0.05) is 0 Å². The molecule has 17 heavy (non-hydrogen) atoms. The lowest BCUT2D eigenvalue weighted by Crippen LogP contribution is -2.27. The minimum Gasteiger partial charge on any atom is -0.396 e. The molecule has 0 aliphatic heterocycles. The van der Waals surface area contributed by atoms with E-state index >= 15 is 0 Å². The Labute approximate surface area is 99.8 Å². The van der Waals surface area contributed by atoms with Crippen LogP contribution in [0.3, 0.4) is 0 Å². The van der Waals surface area contributed by atoms with Crippen molar-refractivity contribution in [1.29, 1.82) is 0 Å². The van der Waals surface area contributed by atoms with Crippen LogP contribution in [0.25, 0.3) is 0 Å². The molecular weight excluding hydrogens is 247 g/mol. The van der Waals surface area contributed by atoms with Crippen LogP contribution in [0.5, 0.6) is 0 Å². The van der Waals surface area contributed by atoms with Gasteiger partial charge in [0.2, 0.25) is 10.0 Å². The van der Waals surface area contributed by atoms with Gasteiger partial charge in [0, 0.05) is 13.7 Å². The lowest BCUT2D eigenvalue weighted by molar-refractivity contribution is 0.204. The first-order valence-corrected chi connectivity index (χ1v) is 6.41. The highest BCUT2D eigenvalue weighted by molar-refractivity contribution is 7.89. The third-order valence-electron chi connectivity index (χ3n) is 2.16. The van der Waals surface area contributed by atoms with Crippen molar-refractivity contribution in [2.24, 2.45) is 0 Å². The van der Waals surface area contributed by atoms with Crippen LogP contribution in [0.15, 0.2) is 17.0 Å². The van der Waals surface area contributed by atoms with Gasteiger partial charge in [0.15, 0.2) is 0 Å². The van der Waals surface area contributed by atoms with E-state index in [1.807, 2.05) is 0 Å². The summed E-state index contributed by atoms with van der Waals surface area (Å²) < 4.78 is 43.8. The Bertz CT molecular complexity index is 479. The van der Waals surface area contributed by atoms with E-state index in [1.54, 1.807) is 0 Å². The van der Waals surface area contributed by atoms with Crippen molar-refractivity contribution in [3.05, 3.63) is 23.5 Å². The Hall–Kier alpha value is -1.18. The van der Waals surface area contributed by atoms with Gasteiger partial charge in [-0.3, -0.25) is 0 Å². The number of nitrogens with one attached hydrogen (secondary N) is 1. The normalized spacial score (nSPS) is 11.7. The van der Waals surface area contributed by atoms with Crippen molar-refractivity contribution in [3.8, 4) is 0 Å². The van der Waals surface area contributed by atoms with Crippen molar-refractivity contribution < 1.29 is 17.5 Å². The Morgan fingerprint density at radius 3 is 2.65 bits per heavy atom. The molecule has 0 aromatic heterocycles. The molecule has 0 radical (unpaired) electrons. The molecule has 0 aliphatic rings. The molecule has 0 bridgehead atoms. The standard InChI is InChI=1S/C10H15FN2O3S/c1-7-5-8(6-9(12)10(7)11)17(14,15)13-3-4-16-2/h5-6,13H,3-4,12H2,1-2H3. The number of hydrogen-bond donors (Lipinski definition) is 2. The Kier molecular flexibility index (Phi) is 4.44. The number of aryl methyl sites for hydroxylation is 1. The summed E-state index contributed by atoms with van der Waals surface area (Å²) in [6, 6.07) is 2.33. The van der Waals surface area contributed by atoms with Crippen molar-refractivity contribution in [2.45, 2.75) is 11.8 Å². The van der Waals surface area contributed by atoms with Crippen LogP contribution >= 0.6 is 0 Å². The fourth-order valence-corrected chi connectivity index (χ4v) is 2.41. The Morgan fingerprint density at radius 1 is 1.47 bits per heavy atom. The van der Waals surface area contributed by atoms with Gasteiger partial charge in [-0.2, -0.15) is 0 Å². The maximum absolute atomic E-state index is 13.2. The van der Waals surface area contributed by atoms with Crippen LogP contribution in [0.2, 0.25) is 0 Å². The van der Waals surface area contributed by atoms with E-state index in [-0.39, 0.29) is 29.3 Å². The summed E-state index contributed by atoms with van der Waals surface area (Å²) in [5.74, 6) is -0.596. The topological polar surface area (TPSA) is 81.4 Å². The molecule has 0 amide bonds. The number of halogens is 1. The second kappa shape index (κ2) is 5.44. The third kappa shape index (κ3) is 3.39. The maximum Gasteiger partial charge on any atom is 0.240 e. The lowest BCUT2D eigenvalue weighted by atomic mass is 10.2. The molecule has 3 N–H and O–H groups in total. The summed E-state index contributed by atoms with van der Waals surface area (Å²) in [5.41, 5.74) is 5.39. The molecule has 0 saturated carbocycles. The van der Waals surface area contributed by atoms with E-state index in [0.29, 0.717) is 0 Å². The molecule has 0 heterocycles. The van der Waals surface area contributed by atoms with Crippen molar-refractivity contribution in [2.75, 3.05) is 26.0 Å². The molecule has 0 atom stereocenters. The van der Waals surface area contributed by atoms with Gasteiger partial charge in [-0.25, -0.2) is 17.5 Å². The Balaban J connectivity index is 2.99. The second-order valence-electron chi connectivity index (χ2n) is 3.53. The fourth-order valence-electron chi connectivity index (χ4n) is 1.28. The molecular formula is C10H15FN2O3S. The molecule has 5 nitrogen and oxygen atoms in total.